The van der Waals surface area contributed by atoms with Crippen LogP contribution in [0.1, 0.15) is 11.1 Å². The van der Waals surface area contributed by atoms with E-state index in [2.05, 4.69) is 4.90 Å². The average molecular weight is 371 g/mol. The molecule has 2 saturated heterocycles. The van der Waals surface area contributed by atoms with Gasteiger partial charge in [0.05, 0.1) is 19.6 Å². The molecule has 0 aliphatic carbocycles. The number of cyclic esters (lactones) is 1. The van der Waals surface area contributed by atoms with E-state index in [0.717, 1.165) is 30.8 Å². The molecule has 4 rings (SSSR count). The number of carbonyl (C=O) groups is 1. The van der Waals surface area contributed by atoms with E-state index in [0.29, 0.717) is 24.0 Å². The topological polar surface area (TPSA) is 48.0 Å². The van der Waals surface area contributed by atoms with Crippen LogP contribution in [0.2, 0.25) is 0 Å². The summed E-state index contributed by atoms with van der Waals surface area (Å²) in [4.78, 5) is 14.0. The predicted molar refractivity (Wildman–Crippen MR) is 96.9 cm³/mol. The van der Waals surface area contributed by atoms with Crippen molar-refractivity contribution in [2.24, 2.45) is 11.8 Å². The van der Waals surface area contributed by atoms with Gasteiger partial charge < -0.3 is 14.2 Å². The number of carbonyl (C=O) groups excluding carboxylic acids is 1. The lowest BCUT2D eigenvalue weighted by Crippen LogP contribution is -2.23. The molecule has 2 aliphatic rings. The van der Waals surface area contributed by atoms with Crippen molar-refractivity contribution in [1.82, 2.24) is 4.90 Å². The number of nitrogens with zero attached hydrogens (tertiary/aromatic N) is 1. The van der Waals surface area contributed by atoms with Crippen molar-refractivity contribution in [2.45, 2.75) is 13.2 Å². The fourth-order valence-corrected chi connectivity index (χ4v) is 3.80. The summed E-state index contributed by atoms with van der Waals surface area (Å²) < 4.78 is 29.7. The number of methoxy groups -OCH3 is 1. The Morgan fingerprint density at radius 2 is 2.04 bits per heavy atom. The molecule has 0 unspecified atom stereocenters. The Morgan fingerprint density at radius 3 is 2.81 bits per heavy atom. The molecule has 6 heteroatoms. The molecule has 2 aromatic rings. The number of likely N-dealkylation sites (tertiary alicyclic amines) is 1. The lowest BCUT2D eigenvalue weighted by molar-refractivity contribution is -0.141. The first kappa shape index (κ1) is 17.8. The molecule has 142 valence electrons. The van der Waals surface area contributed by atoms with Crippen molar-refractivity contribution in [3.05, 3.63) is 59.4 Å². The number of esters is 1. The molecule has 0 amide bonds. The largest absolute Gasteiger partial charge is 0.493 e. The Bertz CT molecular complexity index is 841. The number of fused-ring (bicyclic) bond motifs is 1. The molecule has 0 spiro atoms. The monoisotopic (exact) mass is 371 g/mol. The van der Waals surface area contributed by atoms with Gasteiger partial charge in [0.25, 0.3) is 0 Å². The number of hydrogen-bond acceptors (Lipinski definition) is 5. The molecule has 2 heterocycles. The number of rotatable bonds is 6. The van der Waals surface area contributed by atoms with E-state index in [1.807, 2.05) is 24.3 Å². The average Bonchev–Trinajstić information content (AvgIpc) is 3.22. The number of ether oxygens (including phenoxy) is 3. The second-order valence-electron chi connectivity index (χ2n) is 7.09. The molecule has 2 aromatic carbocycles. The van der Waals surface area contributed by atoms with Gasteiger partial charge in [-0.2, -0.15) is 0 Å². The van der Waals surface area contributed by atoms with Crippen molar-refractivity contribution >= 4 is 5.97 Å². The van der Waals surface area contributed by atoms with E-state index in [1.165, 1.54) is 12.1 Å². The lowest BCUT2D eigenvalue weighted by Gasteiger charge is -2.18. The van der Waals surface area contributed by atoms with Crippen LogP contribution in [0.15, 0.2) is 42.5 Å². The van der Waals surface area contributed by atoms with Crippen molar-refractivity contribution in [1.29, 1.82) is 0 Å². The van der Waals surface area contributed by atoms with Crippen molar-refractivity contribution in [2.75, 3.05) is 26.8 Å². The summed E-state index contributed by atoms with van der Waals surface area (Å²) >= 11 is 0. The van der Waals surface area contributed by atoms with E-state index in [1.54, 1.807) is 13.2 Å². The van der Waals surface area contributed by atoms with Gasteiger partial charge in [-0.3, -0.25) is 9.69 Å². The molecular formula is C21H22FNO4. The summed E-state index contributed by atoms with van der Waals surface area (Å²) in [5, 5.41) is 0. The number of hydrogen-bond donors (Lipinski definition) is 0. The van der Waals surface area contributed by atoms with E-state index < -0.39 is 0 Å². The molecule has 27 heavy (non-hydrogen) atoms. The minimum Gasteiger partial charge on any atom is -0.493 e. The van der Waals surface area contributed by atoms with E-state index in [-0.39, 0.29) is 24.3 Å². The maximum absolute atomic E-state index is 13.3. The summed E-state index contributed by atoms with van der Waals surface area (Å²) in [7, 11) is 1.59. The second-order valence-corrected chi connectivity index (χ2v) is 7.09. The maximum Gasteiger partial charge on any atom is 0.310 e. The number of benzene rings is 2. The zero-order chi connectivity index (χ0) is 18.8. The first-order chi connectivity index (χ1) is 13.1. The van der Waals surface area contributed by atoms with Crippen molar-refractivity contribution in [3.63, 3.8) is 0 Å². The van der Waals surface area contributed by atoms with E-state index in [9.17, 15) is 9.18 Å². The molecule has 0 radical (unpaired) electrons. The Hall–Kier alpha value is -2.60. The smallest absolute Gasteiger partial charge is 0.310 e. The third-order valence-corrected chi connectivity index (χ3v) is 5.18. The highest BCUT2D eigenvalue weighted by atomic mass is 19.1. The summed E-state index contributed by atoms with van der Waals surface area (Å²) in [5.41, 5.74) is 1.84. The van der Waals surface area contributed by atoms with Crippen LogP contribution >= 0.6 is 0 Å². The highest BCUT2D eigenvalue weighted by molar-refractivity contribution is 5.75. The van der Waals surface area contributed by atoms with Crippen LogP contribution in [0, 0.1) is 17.7 Å². The van der Waals surface area contributed by atoms with Crippen LogP contribution < -0.4 is 9.47 Å². The maximum atomic E-state index is 13.3. The molecular weight excluding hydrogens is 349 g/mol. The van der Waals surface area contributed by atoms with Crippen LogP contribution in [0.4, 0.5) is 4.39 Å². The third-order valence-electron chi connectivity index (χ3n) is 5.18. The number of halogens is 1. The molecule has 0 aromatic heterocycles. The predicted octanol–water partition coefficient (Wildman–Crippen LogP) is 3.02. The molecule has 2 atom stereocenters. The fraction of sp³-hybridized carbons (Fsp3) is 0.381. The van der Waals surface area contributed by atoms with Crippen LogP contribution in [0.3, 0.4) is 0 Å². The highest BCUT2D eigenvalue weighted by Crippen LogP contribution is 2.33. The van der Waals surface area contributed by atoms with Crippen molar-refractivity contribution < 1.29 is 23.4 Å². The molecule has 0 N–H and O–H groups in total. The molecule has 2 fully saturated rings. The van der Waals surface area contributed by atoms with Crippen molar-refractivity contribution in [3.8, 4) is 11.5 Å². The normalized spacial score (nSPS) is 21.8. The summed E-state index contributed by atoms with van der Waals surface area (Å²) in [6, 6.07) is 12.2. The van der Waals surface area contributed by atoms with Gasteiger partial charge in [-0.15, -0.1) is 0 Å². The van der Waals surface area contributed by atoms with E-state index >= 15 is 0 Å². The van der Waals surface area contributed by atoms with Crippen LogP contribution in [-0.2, 0) is 22.7 Å². The van der Waals surface area contributed by atoms with Crippen LogP contribution in [-0.4, -0.2) is 37.7 Å². The Morgan fingerprint density at radius 1 is 1.15 bits per heavy atom. The second kappa shape index (κ2) is 7.56. The molecule has 0 bridgehead atoms. The van der Waals surface area contributed by atoms with Gasteiger partial charge in [0.1, 0.15) is 12.4 Å². The summed E-state index contributed by atoms with van der Waals surface area (Å²) in [6.07, 6.45) is 0. The van der Waals surface area contributed by atoms with Gasteiger partial charge in [-0.25, -0.2) is 4.39 Å². The zero-order valence-corrected chi connectivity index (χ0v) is 15.2. The fourth-order valence-electron chi connectivity index (χ4n) is 3.80. The minimum atomic E-state index is -0.282. The quantitative estimate of drug-likeness (QED) is 0.731. The SMILES string of the molecule is COc1ccc(CN2C[C@@H]3COC(=O)[C@@H]3C2)cc1OCc1cccc(F)c1. The highest BCUT2D eigenvalue weighted by Gasteiger charge is 2.43. The van der Waals surface area contributed by atoms with Gasteiger partial charge in [-0.1, -0.05) is 18.2 Å². The standard InChI is InChI=1S/C21H22FNO4/c1-25-19-6-5-14(9-23-10-16-13-27-21(24)18(16)11-23)8-20(19)26-12-15-3-2-4-17(22)7-15/h2-8,16,18H,9-13H2,1H3/t16-,18-/m1/s1. The minimum absolute atomic E-state index is 0.00643. The lowest BCUT2D eigenvalue weighted by atomic mass is 10.0. The Kier molecular flexibility index (Phi) is 4.99. The Balaban J connectivity index is 1.43. The Labute approximate surface area is 157 Å². The first-order valence-electron chi connectivity index (χ1n) is 9.05. The van der Waals surface area contributed by atoms with E-state index in [4.69, 9.17) is 14.2 Å². The zero-order valence-electron chi connectivity index (χ0n) is 15.2. The molecule has 0 saturated carbocycles. The third kappa shape index (κ3) is 3.90. The first-order valence-corrected chi connectivity index (χ1v) is 9.05. The van der Waals surface area contributed by atoms with Gasteiger partial charge in [0.15, 0.2) is 11.5 Å². The van der Waals surface area contributed by atoms with Gasteiger partial charge >= 0.3 is 5.97 Å². The summed E-state index contributed by atoms with van der Waals surface area (Å²) in [5.74, 6) is 1.22. The summed E-state index contributed by atoms with van der Waals surface area (Å²) in [6.45, 7) is 3.12. The van der Waals surface area contributed by atoms with Gasteiger partial charge in [0, 0.05) is 25.6 Å². The van der Waals surface area contributed by atoms with Crippen LogP contribution in [0.5, 0.6) is 11.5 Å². The van der Waals surface area contributed by atoms with Crippen LogP contribution in [0.25, 0.3) is 0 Å². The van der Waals surface area contributed by atoms with Gasteiger partial charge in [0.2, 0.25) is 0 Å². The molecule has 2 aliphatic heterocycles. The van der Waals surface area contributed by atoms with Gasteiger partial charge in [-0.05, 0) is 35.4 Å². The molecule has 5 nitrogen and oxygen atoms in total.